The second kappa shape index (κ2) is 8.83. The van der Waals surface area contributed by atoms with Gasteiger partial charge in [0, 0.05) is 25.9 Å². The van der Waals surface area contributed by atoms with E-state index in [0.29, 0.717) is 18.7 Å². The van der Waals surface area contributed by atoms with Crippen molar-refractivity contribution in [2.45, 2.75) is 51.4 Å². The molecule has 1 rings (SSSR count). The predicted molar refractivity (Wildman–Crippen MR) is 61.1 cm³/mol. The Balaban J connectivity index is 2.13. The van der Waals surface area contributed by atoms with Gasteiger partial charge in [-0.3, -0.25) is 4.79 Å². The fraction of sp³-hybridized carbons (Fsp3) is 0.909. The summed E-state index contributed by atoms with van der Waals surface area (Å²) in [7, 11) is 0. The molecule has 0 aliphatic carbocycles. The third-order valence-corrected chi connectivity index (χ3v) is 2.71. The van der Waals surface area contributed by atoms with Gasteiger partial charge in [0.05, 0.1) is 0 Å². The minimum absolute atomic E-state index is 0.376. The van der Waals surface area contributed by atoms with Gasteiger partial charge < -0.3 is 0 Å². The zero-order chi connectivity index (χ0) is 10.8. The molecule has 0 aromatic rings. The standard InChI is InChI=1S/C11H23N3O/c15-11-7-5-3-1-2-4-6-9-12-14-13-10-8-11/h12-14H,1-10H2. The summed E-state index contributed by atoms with van der Waals surface area (Å²) < 4.78 is 0. The number of hydrazine groups is 2. The van der Waals surface area contributed by atoms with E-state index in [1.165, 1.54) is 32.1 Å². The van der Waals surface area contributed by atoms with Crippen LogP contribution in [0, 0.1) is 0 Å². The summed E-state index contributed by atoms with van der Waals surface area (Å²) in [6.07, 6.45) is 8.75. The molecule has 0 unspecified atom stereocenters. The maximum absolute atomic E-state index is 11.4. The molecular formula is C11H23N3O. The molecule has 1 heterocycles. The van der Waals surface area contributed by atoms with Crippen molar-refractivity contribution in [3.8, 4) is 0 Å². The quantitative estimate of drug-likeness (QED) is 0.567. The van der Waals surface area contributed by atoms with Gasteiger partial charge in [-0.2, -0.15) is 5.53 Å². The largest absolute Gasteiger partial charge is 0.300 e. The van der Waals surface area contributed by atoms with E-state index in [1.54, 1.807) is 0 Å². The molecule has 88 valence electrons. The Morgan fingerprint density at radius 3 is 2.27 bits per heavy atom. The molecule has 0 bridgehead atoms. The minimum Gasteiger partial charge on any atom is -0.300 e. The normalized spacial score (nSPS) is 23.3. The van der Waals surface area contributed by atoms with Crippen molar-refractivity contribution >= 4 is 5.78 Å². The van der Waals surface area contributed by atoms with Crippen molar-refractivity contribution in [3.63, 3.8) is 0 Å². The number of rotatable bonds is 0. The fourth-order valence-electron chi connectivity index (χ4n) is 1.76. The van der Waals surface area contributed by atoms with E-state index in [2.05, 4.69) is 16.4 Å². The fourth-order valence-corrected chi connectivity index (χ4v) is 1.76. The number of ketones is 1. The second-order valence-corrected chi connectivity index (χ2v) is 4.14. The molecule has 3 N–H and O–H groups in total. The first kappa shape index (κ1) is 12.6. The molecule has 4 nitrogen and oxygen atoms in total. The number of hydrogen-bond donors (Lipinski definition) is 3. The molecule has 0 spiro atoms. The third-order valence-electron chi connectivity index (χ3n) is 2.71. The van der Waals surface area contributed by atoms with Crippen LogP contribution in [0.15, 0.2) is 0 Å². The summed E-state index contributed by atoms with van der Waals surface area (Å²) in [4.78, 5) is 11.4. The van der Waals surface area contributed by atoms with Crippen LogP contribution in [-0.4, -0.2) is 18.9 Å². The summed E-state index contributed by atoms with van der Waals surface area (Å²) in [5.41, 5.74) is 8.98. The highest BCUT2D eigenvalue weighted by Crippen LogP contribution is 2.07. The van der Waals surface area contributed by atoms with Crippen LogP contribution in [0.3, 0.4) is 0 Å². The van der Waals surface area contributed by atoms with E-state index in [1.807, 2.05) is 0 Å². The predicted octanol–water partition coefficient (Wildman–Crippen LogP) is 1.29. The average molecular weight is 213 g/mol. The molecule has 1 saturated heterocycles. The van der Waals surface area contributed by atoms with Gasteiger partial charge in [0.2, 0.25) is 0 Å². The highest BCUT2D eigenvalue weighted by Gasteiger charge is 2.01. The smallest absolute Gasteiger partial charge is 0.134 e. The lowest BCUT2D eigenvalue weighted by atomic mass is 10.1. The number of carbonyl (C=O) groups is 1. The van der Waals surface area contributed by atoms with Crippen molar-refractivity contribution in [2.75, 3.05) is 13.1 Å². The van der Waals surface area contributed by atoms with Gasteiger partial charge in [-0.05, 0) is 12.8 Å². The van der Waals surface area contributed by atoms with E-state index < -0.39 is 0 Å². The lowest BCUT2D eigenvalue weighted by Crippen LogP contribution is -2.44. The molecule has 0 atom stereocenters. The lowest BCUT2D eigenvalue weighted by Gasteiger charge is -2.09. The lowest BCUT2D eigenvalue weighted by molar-refractivity contribution is -0.119. The first-order valence-electron chi connectivity index (χ1n) is 6.12. The highest BCUT2D eigenvalue weighted by molar-refractivity contribution is 5.78. The van der Waals surface area contributed by atoms with E-state index in [0.717, 1.165) is 19.4 Å². The summed E-state index contributed by atoms with van der Waals surface area (Å²) >= 11 is 0. The van der Waals surface area contributed by atoms with E-state index >= 15 is 0 Å². The number of carbonyl (C=O) groups excluding carboxylic acids is 1. The van der Waals surface area contributed by atoms with Gasteiger partial charge >= 0.3 is 0 Å². The van der Waals surface area contributed by atoms with Crippen LogP contribution >= 0.6 is 0 Å². The molecule has 1 aliphatic rings. The summed E-state index contributed by atoms with van der Waals surface area (Å²) in [5.74, 6) is 0.376. The van der Waals surface area contributed by atoms with E-state index in [4.69, 9.17) is 0 Å². The van der Waals surface area contributed by atoms with Gasteiger partial charge in [0.25, 0.3) is 0 Å². The SMILES string of the molecule is O=C1CCCCCCCCNNNCC1. The minimum atomic E-state index is 0.376. The van der Waals surface area contributed by atoms with Crippen molar-refractivity contribution in [1.82, 2.24) is 16.4 Å². The zero-order valence-corrected chi connectivity index (χ0v) is 9.48. The van der Waals surface area contributed by atoms with Crippen molar-refractivity contribution in [1.29, 1.82) is 0 Å². The van der Waals surface area contributed by atoms with E-state index in [-0.39, 0.29) is 0 Å². The molecule has 0 saturated carbocycles. The van der Waals surface area contributed by atoms with Crippen LogP contribution < -0.4 is 16.4 Å². The maximum Gasteiger partial charge on any atom is 0.134 e. The zero-order valence-electron chi connectivity index (χ0n) is 9.48. The molecule has 0 amide bonds. The molecule has 0 aromatic carbocycles. The van der Waals surface area contributed by atoms with Gasteiger partial charge in [-0.15, -0.1) is 0 Å². The van der Waals surface area contributed by atoms with Crippen molar-refractivity contribution < 1.29 is 4.79 Å². The molecule has 15 heavy (non-hydrogen) atoms. The van der Waals surface area contributed by atoms with Crippen LogP contribution in [0.5, 0.6) is 0 Å². The van der Waals surface area contributed by atoms with Gasteiger partial charge in [-0.25, -0.2) is 10.9 Å². The van der Waals surface area contributed by atoms with Crippen LogP contribution in [0.4, 0.5) is 0 Å². The van der Waals surface area contributed by atoms with Gasteiger partial charge in [-0.1, -0.05) is 25.7 Å². The number of hydrogen-bond acceptors (Lipinski definition) is 4. The number of nitrogens with one attached hydrogen (secondary N) is 3. The average Bonchev–Trinajstić information content (AvgIpc) is 2.24. The Labute approximate surface area is 92.1 Å². The topological polar surface area (TPSA) is 53.2 Å². The van der Waals surface area contributed by atoms with Crippen molar-refractivity contribution in [3.05, 3.63) is 0 Å². The molecular weight excluding hydrogens is 190 g/mol. The summed E-state index contributed by atoms with van der Waals surface area (Å²) in [6, 6.07) is 0. The van der Waals surface area contributed by atoms with Crippen LogP contribution in [0.25, 0.3) is 0 Å². The number of Topliss-reactive ketones (excluding diaryl/α,β-unsaturated/α-hetero) is 1. The van der Waals surface area contributed by atoms with Gasteiger partial charge in [0.1, 0.15) is 5.78 Å². The second-order valence-electron chi connectivity index (χ2n) is 4.14. The van der Waals surface area contributed by atoms with Crippen LogP contribution in [0.2, 0.25) is 0 Å². The van der Waals surface area contributed by atoms with Crippen molar-refractivity contribution in [2.24, 2.45) is 0 Å². The van der Waals surface area contributed by atoms with Crippen LogP contribution in [-0.2, 0) is 4.79 Å². The molecule has 1 fully saturated rings. The molecule has 4 heteroatoms. The molecule has 1 aliphatic heterocycles. The Bertz CT molecular complexity index is 157. The highest BCUT2D eigenvalue weighted by atomic mass is 16.1. The first-order chi connectivity index (χ1) is 7.39. The Hall–Kier alpha value is -0.450. The molecule has 0 radical (unpaired) electrons. The van der Waals surface area contributed by atoms with Crippen LogP contribution in [0.1, 0.15) is 51.4 Å². The molecule has 0 aromatic heterocycles. The first-order valence-corrected chi connectivity index (χ1v) is 6.12. The van der Waals surface area contributed by atoms with E-state index in [9.17, 15) is 4.79 Å². The van der Waals surface area contributed by atoms with Gasteiger partial charge in [0.15, 0.2) is 0 Å². The third kappa shape index (κ3) is 7.48. The maximum atomic E-state index is 11.4. The monoisotopic (exact) mass is 213 g/mol. The summed E-state index contributed by atoms with van der Waals surface area (Å²) in [5, 5.41) is 0. The Morgan fingerprint density at radius 1 is 0.733 bits per heavy atom. The Kier molecular flexibility index (Phi) is 7.42. The summed E-state index contributed by atoms with van der Waals surface area (Å²) in [6.45, 7) is 1.70. The Morgan fingerprint density at radius 2 is 1.40 bits per heavy atom.